The van der Waals surface area contributed by atoms with Crippen LogP contribution in [0.1, 0.15) is 36.4 Å². The molecule has 1 saturated heterocycles. The van der Waals surface area contributed by atoms with Crippen molar-refractivity contribution in [2.24, 2.45) is 11.1 Å². The van der Waals surface area contributed by atoms with E-state index in [9.17, 15) is 4.79 Å². The van der Waals surface area contributed by atoms with Gasteiger partial charge in [0.25, 0.3) is 5.91 Å². The summed E-state index contributed by atoms with van der Waals surface area (Å²) < 4.78 is 6.10. The Morgan fingerprint density at radius 2 is 1.96 bits per heavy atom. The topological polar surface area (TPSA) is 59.5 Å². The Labute approximate surface area is 147 Å². The lowest BCUT2D eigenvalue weighted by atomic mass is 9.79. The van der Waals surface area contributed by atoms with Gasteiger partial charge in [0.05, 0.1) is 0 Å². The number of nitrogens with zero attached hydrogens (tertiary/aromatic N) is 1. The van der Waals surface area contributed by atoms with Crippen LogP contribution in [0.2, 0.25) is 0 Å². The second-order valence-electron chi connectivity index (χ2n) is 7.83. The Morgan fingerprint density at radius 1 is 1.20 bits per heavy atom. The van der Waals surface area contributed by atoms with Gasteiger partial charge in [-0.3, -0.25) is 4.79 Å². The largest absolute Gasteiger partial charge is 0.450 e. The lowest BCUT2D eigenvalue weighted by Gasteiger charge is -2.42. The minimum Gasteiger partial charge on any atom is -0.450 e. The lowest BCUT2D eigenvalue weighted by Crippen LogP contribution is -2.54. The number of amides is 1. The van der Waals surface area contributed by atoms with E-state index in [0.29, 0.717) is 18.8 Å². The number of hydrogen-bond acceptors (Lipinski definition) is 3. The number of piperidine rings is 1. The molecule has 1 unspecified atom stereocenters. The van der Waals surface area contributed by atoms with Crippen molar-refractivity contribution in [1.82, 2.24) is 4.90 Å². The maximum atomic E-state index is 13.1. The molecule has 4 heteroatoms. The van der Waals surface area contributed by atoms with Gasteiger partial charge < -0.3 is 15.1 Å². The molecule has 2 N–H and O–H groups in total. The fourth-order valence-corrected chi connectivity index (χ4v) is 3.84. The van der Waals surface area contributed by atoms with E-state index in [1.165, 1.54) is 0 Å². The van der Waals surface area contributed by atoms with Crippen LogP contribution < -0.4 is 5.73 Å². The van der Waals surface area contributed by atoms with Crippen LogP contribution in [0.3, 0.4) is 0 Å². The van der Waals surface area contributed by atoms with Gasteiger partial charge in [0.1, 0.15) is 5.58 Å². The molecule has 1 aliphatic heterocycles. The molecular formula is C21H24N2O2. The summed E-state index contributed by atoms with van der Waals surface area (Å²) in [5.74, 6) is 0.426. The minimum absolute atomic E-state index is 0.0299. The van der Waals surface area contributed by atoms with Gasteiger partial charge in [-0.25, -0.2) is 0 Å². The molecule has 2 aromatic carbocycles. The van der Waals surface area contributed by atoms with Gasteiger partial charge in [-0.1, -0.05) is 50.2 Å². The van der Waals surface area contributed by atoms with Crippen LogP contribution in [0.4, 0.5) is 0 Å². The predicted octanol–water partition coefficient (Wildman–Crippen LogP) is 4.09. The van der Waals surface area contributed by atoms with Crippen molar-refractivity contribution in [3.8, 4) is 0 Å². The highest BCUT2D eigenvalue weighted by atomic mass is 16.3. The number of furan rings is 1. The molecule has 0 saturated carbocycles. The van der Waals surface area contributed by atoms with Crippen molar-refractivity contribution in [2.45, 2.75) is 33.2 Å². The molecular weight excluding hydrogens is 312 g/mol. The third-order valence-electron chi connectivity index (χ3n) is 5.62. The highest BCUT2D eigenvalue weighted by Gasteiger charge is 2.37. The molecule has 25 heavy (non-hydrogen) atoms. The number of rotatable bonds is 1. The molecule has 130 valence electrons. The van der Waals surface area contributed by atoms with E-state index in [4.69, 9.17) is 10.2 Å². The molecule has 3 aromatic rings. The van der Waals surface area contributed by atoms with Gasteiger partial charge in [0, 0.05) is 35.5 Å². The number of nitrogens with two attached hydrogens (primary N) is 1. The number of hydrogen-bond donors (Lipinski definition) is 1. The summed E-state index contributed by atoms with van der Waals surface area (Å²) in [5.41, 5.74) is 7.84. The van der Waals surface area contributed by atoms with E-state index in [-0.39, 0.29) is 17.4 Å². The van der Waals surface area contributed by atoms with Crippen molar-refractivity contribution in [1.29, 1.82) is 0 Å². The molecule has 1 fully saturated rings. The summed E-state index contributed by atoms with van der Waals surface area (Å²) >= 11 is 0. The first kappa shape index (κ1) is 16.2. The Bertz CT molecular complexity index is 971. The van der Waals surface area contributed by atoms with Crippen molar-refractivity contribution in [3.63, 3.8) is 0 Å². The van der Waals surface area contributed by atoms with Crippen LogP contribution >= 0.6 is 0 Å². The zero-order chi connectivity index (χ0) is 17.8. The molecule has 1 amide bonds. The molecule has 0 spiro atoms. The van der Waals surface area contributed by atoms with Gasteiger partial charge in [0.15, 0.2) is 5.76 Å². The zero-order valence-electron chi connectivity index (χ0n) is 15.0. The summed E-state index contributed by atoms with van der Waals surface area (Å²) in [6.45, 7) is 7.55. The van der Waals surface area contributed by atoms with Gasteiger partial charge >= 0.3 is 0 Å². The number of aryl methyl sites for hydroxylation is 1. The van der Waals surface area contributed by atoms with Gasteiger partial charge in [-0.2, -0.15) is 0 Å². The Morgan fingerprint density at radius 3 is 2.72 bits per heavy atom. The second-order valence-corrected chi connectivity index (χ2v) is 7.83. The summed E-state index contributed by atoms with van der Waals surface area (Å²) in [6, 6.07) is 12.4. The van der Waals surface area contributed by atoms with E-state index in [1.54, 1.807) is 0 Å². The van der Waals surface area contributed by atoms with Gasteiger partial charge in [0.2, 0.25) is 0 Å². The predicted molar refractivity (Wildman–Crippen MR) is 101 cm³/mol. The quantitative estimate of drug-likeness (QED) is 0.728. The Hall–Kier alpha value is -2.33. The van der Waals surface area contributed by atoms with Crippen molar-refractivity contribution >= 4 is 27.6 Å². The smallest absolute Gasteiger partial charge is 0.289 e. The SMILES string of the molecule is Cc1c(C(=O)N2CCC(N)C(C)(C)C2)oc2c1ccc1ccccc12. The number of benzene rings is 2. The van der Waals surface area contributed by atoms with E-state index < -0.39 is 0 Å². The Balaban J connectivity index is 1.78. The maximum Gasteiger partial charge on any atom is 0.289 e. The molecule has 1 aliphatic rings. The fourth-order valence-electron chi connectivity index (χ4n) is 3.84. The van der Waals surface area contributed by atoms with Crippen LogP contribution in [0.25, 0.3) is 21.7 Å². The summed E-state index contributed by atoms with van der Waals surface area (Å²) in [4.78, 5) is 15.0. The van der Waals surface area contributed by atoms with Crippen LogP contribution in [-0.4, -0.2) is 29.9 Å². The monoisotopic (exact) mass is 336 g/mol. The number of fused-ring (bicyclic) bond motifs is 3. The van der Waals surface area contributed by atoms with E-state index >= 15 is 0 Å². The van der Waals surface area contributed by atoms with Gasteiger partial charge in [-0.05, 0) is 24.1 Å². The first-order valence-electron chi connectivity index (χ1n) is 8.84. The average Bonchev–Trinajstić information content (AvgIpc) is 2.94. The van der Waals surface area contributed by atoms with Crippen molar-refractivity contribution < 1.29 is 9.21 Å². The molecule has 0 radical (unpaired) electrons. The molecule has 4 rings (SSSR count). The number of carbonyl (C=O) groups is 1. The standard InChI is InChI=1S/C21H24N2O2/c1-13-15-9-8-14-6-4-5-7-16(14)19(15)25-18(13)20(24)23-11-10-17(22)21(2,3)12-23/h4-9,17H,10-12,22H2,1-3H3. The van der Waals surface area contributed by atoms with Crippen LogP contribution in [0.5, 0.6) is 0 Å². The highest BCUT2D eigenvalue weighted by Crippen LogP contribution is 2.34. The molecule has 0 aliphatic carbocycles. The fraction of sp³-hybridized carbons (Fsp3) is 0.381. The maximum absolute atomic E-state index is 13.1. The third-order valence-corrected chi connectivity index (χ3v) is 5.62. The summed E-state index contributed by atoms with van der Waals surface area (Å²) in [7, 11) is 0. The van der Waals surface area contributed by atoms with E-state index in [1.807, 2.05) is 36.1 Å². The summed E-state index contributed by atoms with van der Waals surface area (Å²) in [6.07, 6.45) is 0.820. The highest BCUT2D eigenvalue weighted by molar-refractivity contribution is 6.08. The molecule has 0 bridgehead atoms. The first-order chi connectivity index (χ1) is 11.9. The molecule has 1 atom stereocenters. The van der Waals surface area contributed by atoms with E-state index in [2.05, 4.69) is 26.0 Å². The van der Waals surface area contributed by atoms with Crippen LogP contribution in [0, 0.1) is 12.3 Å². The normalized spacial score (nSPS) is 20.3. The second kappa shape index (κ2) is 5.60. The number of carbonyl (C=O) groups excluding carboxylic acids is 1. The molecule has 4 nitrogen and oxygen atoms in total. The lowest BCUT2D eigenvalue weighted by molar-refractivity contribution is 0.0505. The third kappa shape index (κ3) is 2.52. The molecule has 2 heterocycles. The van der Waals surface area contributed by atoms with Gasteiger partial charge in [-0.15, -0.1) is 0 Å². The first-order valence-corrected chi connectivity index (χ1v) is 8.84. The molecule has 1 aromatic heterocycles. The average molecular weight is 336 g/mol. The van der Waals surface area contributed by atoms with Crippen LogP contribution in [-0.2, 0) is 0 Å². The van der Waals surface area contributed by atoms with Crippen molar-refractivity contribution in [3.05, 3.63) is 47.7 Å². The van der Waals surface area contributed by atoms with Crippen molar-refractivity contribution in [2.75, 3.05) is 13.1 Å². The van der Waals surface area contributed by atoms with E-state index in [0.717, 1.165) is 33.7 Å². The van der Waals surface area contributed by atoms with Crippen LogP contribution in [0.15, 0.2) is 40.8 Å². The number of likely N-dealkylation sites (tertiary alicyclic amines) is 1. The Kier molecular flexibility index (Phi) is 3.62. The minimum atomic E-state index is -0.0828. The zero-order valence-corrected chi connectivity index (χ0v) is 15.0. The summed E-state index contributed by atoms with van der Waals surface area (Å²) in [5, 5.41) is 3.17.